The minimum Gasteiger partial charge on any atom is -0.459 e. The van der Waals surface area contributed by atoms with E-state index in [1.807, 2.05) is 4.90 Å². The van der Waals surface area contributed by atoms with E-state index in [2.05, 4.69) is 5.32 Å². The summed E-state index contributed by atoms with van der Waals surface area (Å²) in [6.45, 7) is 2.85. The molecule has 0 radical (unpaired) electrons. The van der Waals surface area contributed by atoms with Gasteiger partial charge in [0.05, 0.1) is 6.26 Å². The van der Waals surface area contributed by atoms with Gasteiger partial charge in [0.25, 0.3) is 5.91 Å². The largest absolute Gasteiger partial charge is 0.459 e. The zero-order valence-corrected chi connectivity index (χ0v) is 9.89. The minimum atomic E-state index is 0.0408. The van der Waals surface area contributed by atoms with Crippen LogP contribution in [0.5, 0.6) is 0 Å². The molecule has 1 N–H and O–H groups in total. The fourth-order valence-corrected chi connectivity index (χ4v) is 2.99. The van der Waals surface area contributed by atoms with Crippen LogP contribution in [0.2, 0.25) is 0 Å². The molecule has 3 rings (SSSR count). The molecule has 3 heterocycles. The van der Waals surface area contributed by atoms with E-state index < -0.39 is 0 Å². The number of nitrogens with zero attached hydrogens (tertiary/aromatic N) is 1. The van der Waals surface area contributed by atoms with Crippen LogP contribution in [-0.2, 0) is 0 Å². The van der Waals surface area contributed by atoms with Crippen molar-refractivity contribution in [3.8, 4) is 0 Å². The lowest BCUT2D eigenvalue weighted by atomic mass is 9.85. The molecular weight excluding hydrogens is 216 g/mol. The van der Waals surface area contributed by atoms with Crippen molar-refractivity contribution in [1.29, 1.82) is 0 Å². The number of rotatable bonds is 1. The van der Waals surface area contributed by atoms with Crippen LogP contribution in [0.15, 0.2) is 22.8 Å². The number of hydrogen-bond donors (Lipinski definition) is 1. The van der Waals surface area contributed by atoms with Gasteiger partial charge >= 0.3 is 0 Å². The summed E-state index contributed by atoms with van der Waals surface area (Å²) in [5.74, 6) is 1.13. The summed E-state index contributed by atoms with van der Waals surface area (Å²) in [5, 5.41) is 3.55. The summed E-state index contributed by atoms with van der Waals surface area (Å²) in [6, 6.07) is 4.12. The maximum atomic E-state index is 12.1. The van der Waals surface area contributed by atoms with E-state index in [1.165, 1.54) is 12.8 Å². The normalized spacial score (nSPS) is 28.8. The van der Waals surface area contributed by atoms with Gasteiger partial charge < -0.3 is 14.6 Å². The smallest absolute Gasteiger partial charge is 0.289 e. The van der Waals surface area contributed by atoms with Gasteiger partial charge in [-0.25, -0.2) is 0 Å². The first kappa shape index (κ1) is 10.8. The highest BCUT2D eigenvalue weighted by Gasteiger charge is 2.33. The van der Waals surface area contributed by atoms with Crippen molar-refractivity contribution in [1.82, 2.24) is 10.2 Å². The Labute approximate surface area is 101 Å². The van der Waals surface area contributed by atoms with Crippen molar-refractivity contribution in [2.75, 3.05) is 19.6 Å². The van der Waals surface area contributed by atoms with Gasteiger partial charge in [-0.3, -0.25) is 4.79 Å². The summed E-state index contributed by atoms with van der Waals surface area (Å²) in [5.41, 5.74) is 0. The van der Waals surface area contributed by atoms with E-state index >= 15 is 0 Å². The van der Waals surface area contributed by atoms with Gasteiger partial charge in [0, 0.05) is 19.1 Å². The van der Waals surface area contributed by atoms with Crippen LogP contribution in [0.3, 0.4) is 0 Å². The molecule has 2 fully saturated rings. The number of carbonyl (C=O) groups is 1. The lowest BCUT2D eigenvalue weighted by Gasteiger charge is -2.41. The third-order valence-corrected chi connectivity index (χ3v) is 3.91. The highest BCUT2D eigenvalue weighted by atomic mass is 16.3. The highest BCUT2D eigenvalue weighted by Crippen LogP contribution is 2.25. The van der Waals surface area contributed by atoms with Gasteiger partial charge in [-0.15, -0.1) is 0 Å². The average molecular weight is 234 g/mol. The summed E-state index contributed by atoms with van der Waals surface area (Å²) in [6.07, 6.45) is 5.09. The maximum Gasteiger partial charge on any atom is 0.289 e. The van der Waals surface area contributed by atoms with Gasteiger partial charge in [0.1, 0.15) is 0 Å². The molecule has 2 unspecified atom stereocenters. The molecule has 4 heteroatoms. The van der Waals surface area contributed by atoms with Crippen LogP contribution in [0.4, 0.5) is 0 Å². The van der Waals surface area contributed by atoms with Gasteiger partial charge in [0.2, 0.25) is 0 Å². The number of hydrogen-bond acceptors (Lipinski definition) is 3. The zero-order chi connectivity index (χ0) is 11.7. The molecule has 0 aromatic carbocycles. The molecule has 92 valence electrons. The summed E-state index contributed by atoms with van der Waals surface area (Å²) < 4.78 is 5.18. The van der Waals surface area contributed by atoms with E-state index in [0.29, 0.717) is 17.7 Å². The number of piperidine rings is 2. The van der Waals surface area contributed by atoms with E-state index in [-0.39, 0.29) is 5.91 Å². The van der Waals surface area contributed by atoms with Crippen LogP contribution in [0, 0.1) is 5.92 Å². The van der Waals surface area contributed by atoms with Gasteiger partial charge in [-0.1, -0.05) is 0 Å². The molecule has 17 heavy (non-hydrogen) atoms. The van der Waals surface area contributed by atoms with E-state index in [1.54, 1.807) is 18.4 Å². The fraction of sp³-hybridized carbons (Fsp3) is 0.615. The van der Waals surface area contributed by atoms with Crippen molar-refractivity contribution in [2.24, 2.45) is 5.92 Å². The van der Waals surface area contributed by atoms with Crippen LogP contribution in [-0.4, -0.2) is 36.5 Å². The van der Waals surface area contributed by atoms with Crippen molar-refractivity contribution < 1.29 is 9.21 Å². The first-order chi connectivity index (χ1) is 8.34. The van der Waals surface area contributed by atoms with Crippen molar-refractivity contribution in [2.45, 2.75) is 25.3 Å². The highest BCUT2D eigenvalue weighted by molar-refractivity contribution is 5.91. The quantitative estimate of drug-likeness (QED) is 0.801. The number of nitrogens with one attached hydrogen (secondary N) is 1. The number of carbonyl (C=O) groups excluding carboxylic acids is 1. The Morgan fingerprint density at radius 3 is 3.24 bits per heavy atom. The topological polar surface area (TPSA) is 45.5 Å². The maximum absolute atomic E-state index is 12.1. The van der Waals surface area contributed by atoms with Crippen molar-refractivity contribution in [3.63, 3.8) is 0 Å². The molecule has 1 aromatic rings. The van der Waals surface area contributed by atoms with E-state index in [0.717, 1.165) is 26.1 Å². The predicted molar refractivity (Wildman–Crippen MR) is 63.7 cm³/mol. The molecule has 1 aromatic heterocycles. The van der Waals surface area contributed by atoms with E-state index in [4.69, 9.17) is 4.42 Å². The molecule has 0 aliphatic carbocycles. The Bertz CT molecular complexity index is 388. The first-order valence-corrected chi connectivity index (χ1v) is 6.41. The molecule has 2 aliphatic rings. The average Bonchev–Trinajstić information content (AvgIpc) is 2.91. The Hall–Kier alpha value is -1.29. The number of furan rings is 1. The van der Waals surface area contributed by atoms with E-state index in [9.17, 15) is 4.79 Å². The molecule has 2 aliphatic heterocycles. The summed E-state index contributed by atoms with van der Waals surface area (Å²) in [4.78, 5) is 14.1. The molecule has 2 saturated heterocycles. The second-order valence-corrected chi connectivity index (χ2v) is 4.98. The third kappa shape index (κ3) is 2.09. The lowest BCUT2D eigenvalue weighted by molar-refractivity contribution is 0.0562. The second-order valence-electron chi connectivity index (χ2n) is 4.98. The summed E-state index contributed by atoms with van der Waals surface area (Å²) in [7, 11) is 0. The monoisotopic (exact) mass is 234 g/mol. The standard InChI is InChI=1S/C13H18N2O2/c16-13(12-4-2-8-17-12)15-7-5-11-10(9-15)3-1-6-14-11/h2,4,8,10-11,14H,1,3,5-7,9H2. The molecular formula is C13H18N2O2. The second kappa shape index (κ2) is 4.53. The lowest BCUT2D eigenvalue weighted by Crippen LogP contribution is -2.53. The number of amides is 1. The Morgan fingerprint density at radius 1 is 1.47 bits per heavy atom. The zero-order valence-electron chi connectivity index (χ0n) is 9.89. The Kier molecular flexibility index (Phi) is 2.89. The van der Waals surface area contributed by atoms with Crippen molar-refractivity contribution >= 4 is 5.91 Å². The minimum absolute atomic E-state index is 0.0408. The van der Waals surface area contributed by atoms with Gasteiger partial charge in [0.15, 0.2) is 5.76 Å². The number of likely N-dealkylation sites (tertiary alicyclic amines) is 1. The molecule has 1 amide bonds. The predicted octanol–water partition coefficient (Wildman–Crippen LogP) is 1.49. The Morgan fingerprint density at radius 2 is 2.41 bits per heavy atom. The molecule has 0 saturated carbocycles. The molecule has 4 nitrogen and oxygen atoms in total. The van der Waals surface area contributed by atoms with Crippen LogP contribution in [0.25, 0.3) is 0 Å². The summed E-state index contributed by atoms with van der Waals surface area (Å²) >= 11 is 0. The Balaban J connectivity index is 1.67. The van der Waals surface area contributed by atoms with Gasteiger partial charge in [-0.05, 0) is 43.9 Å². The third-order valence-electron chi connectivity index (χ3n) is 3.91. The molecule has 2 atom stereocenters. The van der Waals surface area contributed by atoms with Gasteiger partial charge in [-0.2, -0.15) is 0 Å². The molecule has 0 spiro atoms. The van der Waals surface area contributed by atoms with Crippen LogP contribution in [0.1, 0.15) is 29.8 Å². The molecule has 0 bridgehead atoms. The number of fused-ring (bicyclic) bond motifs is 1. The van der Waals surface area contributed by atoms with Crippen molar-refractivity contribution in [3.05, 3.63) is 24.2 Å². The fourth-order valence-electron chi connectivity index (χ4n) is 2.99. The SMILES string of the molecule is O=C(c1ccco1)N1CCC2NCCCC2C1. The van der Waals surface area contributed by atoms with Crippen LogP contribution < -0.4 is 5.32 Å². The van der Waals surface area contributed by atoms with Crippen LogP contribution >= 0.6 is 0 Å². The first-order valence-electron chi connectivity index (χ1n) is 6.41.